The average molecular weight is 407 g/mol. The van der Waals surface area contributed by atoms with Gasteiger partial charge < -0.3 is 14.8 Å². The van der Waals surface area contributed by atoms with Gasteiger partial charge in [0.15, 0.2) is 0 Å². The van der Waals surface area contributed by atoms with E-state index in [2.05, 4.69) is 49.3 Å². The summed E-state index contributed by atoms with van der Waals surface area (Å²) < 4.78 is 13.0. The minimum atomic E-state index is 0.423. The van der Waals surface area contributed by atoms with Gasteiger partial charge in [0.1, 0.15) is 5.75 Å². The lowest BCUT2D eigenvalue weighted by atomic mass is 10.2. The molecule has 0 aromatic heterocycles. The molecule has 0 heterocycles. The van der Waals surface area contributed by atoms with Crippen LogP contribution in [-0.2, 0) is 11.3 Å². The first-order valence-corrected chi connectivity index (χ1v) is 8.59. The molecule has 5 heteroatoms. The second kappa shape index (κ2) is 7.78. The fourth-order valence-corrected chi connectivity index (χ4v) is 4.11. The Bertz CT molecular complexity index is 430. The van der Waals surface area contributed by atoms with Gasteiger partial charge in [0, 0.05) is 19.7 Å². The first-order chi connectivity index (χ1) is 9.63. The number of halogens is 2. The summed E-state index contributed by atoms with van der Waals surface area (Å²) >= 11 is 7.14. The molecule has 0 radical (unpaired) electrons. The van der Waals surface area contributed by atoms with E-state index in [1.165, 1.54) is 12.0 Å². The maximum Gasteiger partial charge on any atom is 0.147 e. The number of methoxy groups -OCH3 is 1. The second-order valence-electron chi connectivity index (χ2n) is 5.07. The number of hydrogen-bond donors (Lipinski definition) is 1. The van der Waals surface area contributed by atoms with Gasteiger partial charge in [-0.05, 0) is 75.7 Å². The Kier molecular flexibility index (Phi) is 6.33. The first kappa shape index (κ1) is 16.3. The molecule has 0 saturated heterocycles. The maximum absolute atomic E-state index is 5.60. The second-order valence-corrected chi connectivity index (χ2v) is 6.78. The van der Waals surface area contributed by atoms with E-state index in [4.69, 9.17) is 9.47 Å². The molecule has 1 aromatic rings. The SMILES string of the molecule is CCOc1c(Br)cc(CNC2CCC(OC)C2)cc1Br. The topological polar surface area (TPSA) is 30.5 Å². The van der Waals surface area contributed by atoms with Gasteiger partial charge in [0.05, 0.1) is 21.7 Å². The standard InChI is InChI=1S/C15H21Br2NO2/c1-3-20-15-13(16)6-10(7-14(15)17)9-18-11-4-5-12(8-11)19-2/h6-7,11-12,18H,3-5,8-9H2,1-2H3. The van der Waals surface area contributed by atoms with Gasteiger partial charge in [-0.1, -0.05) is 0 Å². The zero-order valence-electron chi connectivity index (χ0n) is 11.9. The van der Waals surface area contributed by atoms with Gasteiger partial charge in [-0.3, -0.25) is 0 Å². The average Bonchev–Trinajstić information content (AvgIpc) is 2.88. The molecule has 0 bridgehead atoms. The molecule has 0 amide bonds. The van der Waals surface area contributed by atoms with E-state index in [0.717, 1.165) is 34.1 Å². The lowest BCUT2D eigenvalue weighted by molar-refractivity contribution is 0.107. The van der Waals surface area contributed by atoms with E-state index in [1.54, 1.807) is 7.11 Å². The molecule has 3 nitrogen and oxygen atoms in total. The predicted octanol–water partition coefficient (Wildman–Crippen LogP) is 4.27. The van der Waals surface area contributed by atoms with Crippen molar-refractivity contribution in [2.45, 2.75) is 44.9 Å². The lowest BCUT2D eigenvalue weighted by Gasteiger charge is -2.15. The molecule has 112 valence electrons. The Morgan fingerprint density at radius 1 is 1.25 bits per heavy atom. The van der Waals surface area contributed by atoms with Crippen molar-refractivity contribution in [1.29, 1.82) is 0 Å². The molecule has 0 spiro atoms. The molecular formula is C15H21Br2NO2. The van der Waals surface area contributed by atoms with Gasteiger partial charge in [0.25, 0.3) is 0 Å². The summed E-state index contributed by atoms with van der Waals surface area (Å²) in [6, 6.07) is 4.79. The number of rotatable bonds is 6. The molecule has 20 heavy (non-hydrogen) atoms. The van der Waals surface area contributed by atoms with Crippen molar-refractivity contribution in [3.63, 3.8) is 0 Å². The van der Waals surface area contributed by atoms with E-state index in [1.807, 2.05) is 6.92 Å². The van der Waals surface area contributed by atoms with Crippen LogP contribution in [0.5, 0.6) is 5.75 Å². The largest absolute Gasteiger partial charge is 0.492 e. The van der Waals surface area contributed by atoms with Crippen molar-refractivity contribution in [2.75, 3.05) is 13.7 Å². The summed E-state index contributed by atoms with van der Waals surface area (Å²) in [5.41, 5.74) is 1.24. The van der Waals surface area contributed by atoms with Crippen LogP contribution in [0.1, 0.15) is 31.7 Å². The quantitative estimate of drug-likeness (QED) is 0.765. The Hall–Kier alpha value is -0.100. The van der Waals surface area contributed by atoms with E-state index in [-0.39, 0.29) is 0 Å². The highest BCUT2D eigenvalue weighted by Gasteiger charge is 2.23. The number of nitrogens with one attached hydrogen (secondary N) is 1. The molecule has 1 aliphatic carbocycles. The molecule has 0 aliphatic heterocycles. The fraction of sp³-hybridized carbons (Fsp3) is 0.600. The molecule has 2 atom stereocenters. The van der Waals surface area contributed by atoms with Crippen LogP contribution in [0.15, 0.2) is 21.1 Å². The van der Waals surface area contributed by atoms with Crippen LogP contribution >= 0.6 is 31.9 Å². The fourth-order valence-electron chi connectivity index (χ4n) is 2.60. The zero-order chi connectivity index (χ0) is 14.5. The third kappa shape index (κ3) is 4.20. The Morgan fingerprint density at radius 2 is 1.95 bits per heavy atom. The van der Waals surface area contributed by atoms with Crippen LogP contribution in [0.3, 0.4) is 0 Å². The molecule has 1 N–H and O–H groups in total. The molecule has 2 rings (SSSR count). The molecular weight excluding hydrogens is 386 g/mol. The normalized spacial score (nSPS) is 22.2. The highest BCUT2D eigenvalue weighted by Crippen LogP contribution is 2.35. The van der Waals surface area contributed by atoms with E-state index in [9.17, 15) is 0 Å². The summed E-state index contributed by atoms with van der Waals surface area (Å²) in [4.78, 5) is 0. The van der Waals surface area contributed by atoms with Gasteiger partial charge in [0.2, 0.25) is 0 Å². The summed E-state index contributed by atoms with van der Waals surface area (Å²) in [6.45, 7) is 3.51. The number of benzene rings is 1. The van der Waals surface area contributed by atoms with E-state index in [0.29, 0.717) is 18.8 Å². The summed E-state index contributed by atoms with van der Waals surface area (Å²) in [5.74, 6) is 0.872. The smallest absolute Gasteiger partial charge is 0.147 e. The number of hydrogen-bond acceptors (Lipinski definition) is 3. The monoisotopic (exact) mass is 405 g/mol. The molecule has 1 aliphatic rings. The highest BCUT2D eigenvalue weighted by molar-refractivity contribution is 9.11. The zero-order valence-corrected chi connectivity index (χ0v) is 15.1. The van der Waals surface area contributed by atoms with Crippen LogP contribution in [0.25, 0.3) is 0 Å². The van der Waals surface area contributed by atoms with Crippen molar-refractivity contribution in [3.05, 3.63) is 26.6 Å². The highest BCUT2D eigenvalue weighted by atomic mass is 79.9. The first-order valence-electron chi connectivity index (χ1n) is 7.01. The van der Waals surface area contributed by atoms with Gasteiger partial charge >= 0.3 is 0 Å². The predicted molar refractivity (Wildman–Crippen MR) is 88.3 cm³/mol. The Balaban J connectivity index is 1.93. The van der Waals surface area contributed by atoms with Crippen molar-refractivity contribution in [1.82, 2.24) is 5.32 Å². The van der Waals surface area contributed by atoms with E-state index < -0.39 is 0 Å². The third-order valence-electron chi connectivity index (χ3n) is 3.66. The van der Waals surface area contributed by atoms with Crippen molar-refractivity contribution >= 4 is 31.9 Å². The maximum atomic E-state index is 5.60. The Labute approximate surface area is 137 Å². The summed E-state index contributed by atoms with van der Waals surface area (Å²) in [6.07, 6.45) is 3.88. The van der Waals surface area contributed by atoms with Crippen molar-refractivity contribution in [3.8, 4) is 5.75 Å². The molecule has 1 saturated carbocycles. The molecule has 1 aromatic carbocycles. The summed E-state index contributed by atoms with van der Waals surface area (Å²) in [5, 5.41) is 3.61. The molecule has 2 unspecified atom stereocenters. The Morgan fingerprint density at radius 3 is 2.50 bits per heavy atom. The minimum absolute atomic E-state index is 0.423. The van der Waals surface area contributed by atoms with Gasteiger partial charge in [-0.15, -0.1) is 0 Å². The van der Waals surface area contributed by atoms with Gasteiger partial charge in [-0.2, -0.15) is 0 Å². The minimum Gasteiger partial charge on any atom is -0.492 e. The van der Waals surface area contributed by atoms with Crippen LogP contribution in [0.4, 0.5) is 0 Å². The third-order valence-corrected chi connectivity index (χ3v) is 4.84. The molecule has 1 fully saturated rings. The van der Waals surface area contributed by atoms with Crippen LogP contribution in [-0.4, -0.2) is 25.9 Å². The van der Waals surface area contributed by atoms with Gasteiger partial charge in [-0.25, -0.2) is 0 Å². The van der Waals surface area contributed by atoms with Crippen molar-refractivity contribution < 1.29 is 9.47 Å². The summed E-state index contributed by atoms with van der Waals surface area (Å²) in [7, 11) is 1.80. The van der Waals surface area contributed by atoms with Crippen LogP contribution in [0, 0.1) is 0 Å². The van der Waals surface area contributed by atoms with Crippen molar-refractivity contribution in [2.24, 2.45) is 0 Å². The lowest BCUT2D eigenvalue weighted by Crippen LogP contribution is -2.26. The van der Waals surface area contributed by atoms with E-state index >= 15 is 0 Å². The van der Waals surface area contributed by atoms with Crippen LogP contribution in [0.2, 0.25) is 0 Å². The number of ether oxygens (including phenoxy) is 2. The van der Waals surface area contributed by atoms with Crippen LogP contribution < -0.4 is 10.1 Å².